The van der Waals surface area contributed by atoms with E-state index in [2.05, 4.69) is 6.58 Å². The average Bonchev–Trinajstić information content (AvgIpc) is 3.23. The third-order valence-corrected chi connectivity index (χ3v) is 5.82. The number of amides is 1. The fourth-order valence-electron chi connectivity index (χ4n) is 3.23. The molecule has 0 unspecified atom stereocenters. The molecule has 7 heteroatoms. The lowest BCUT2D eigenvalue weighted by molar-refractivity contribution is -0.141. The summed E-state index contributed by atoms with van der Waals surface area (Å²) in [6.07, 6.45) is 7.33. The van der Waals surface area contributed by atoms with E-state index in [0.29, 0.717) is 13.1 Å². The van der Waals surface area contributed by atoms with Gasteiger partial charge in [0.1, 0.15) is 5.03 Å². The van der Waals surface area contributed by atoms with Crippen LogP contribution in [0.2, 0.25) is 0 Å². The van der Waals surface area contributed by atoms with E-state index in [4.69, 9.17) is 10.2 Å². The standard InChI is InChI=1S/C26H27N3O3S/c1-2-3-10-17-33-26-22(20-29(27-26)23-13-8-5-9-14-23)19-28(24(30)15-16-25(31)32)18-21-11-6-4-7-12-21/h2-14,20H,1,15-19H2,(H,31,32)/b10-3-. The molecule has 1 aromatic heterocycles. The zero-order chi connectivity index (χ0) is 23.5. The summed E-state index contributed by atoms with van der Waals surface area (Å²) in [5.74, 6) is -0.461. The number of benzene rings is 2. The van der Waals surface area contributed by atoms with E-state index >= 15 is 0 Å². The Balaban J connectivity index is 1.88. The number of para-hydroxylation sites is 1. The first-order chi connectivity index (χ1) is 16.1. The number of aliphatic carboxylic acids is 1. The summed E-state index contributed by atoms with van der Waals surface area (Å²) in [6, 6.07) is 19.5. The molecule has 0 bridgehead atoms. The Bertz CT molecular complexity index is 1090. The van der Waals surface area contributed by atoms with Crippen LogP contribution in [0.3, 0.4) is 0 Å². The number of allylic oxidation sites excluding steroid dienone is 2. The molecule has 0 saturated heterocycles. The molecule has 3 rings (SSSR count). The van der Waals surface area contributed by atoms with Crippen molar-refractivity contribution < 1.29 is 14.7 Å². The summed E-state index contributed by atoms with van der Waals surface area (Å²) in [4.78, 5) is 25.7. The molecule has 3 aromatic rings. The van der Waals surface area contributed by atoms with Crippen LogP contribution in [0.15, 0.2) is 96.7 Å². The molecule has 0 saturated carbocycles. The maximum absolute atomic E-state index is 13.0. The zero-order valence-corrected chi connectivity index (χ0v) is 19.2. The number of hydrogen-bond donors (Lipinski definition) is 1. The third-order valence-electron chi connectivity index (χ3n) is 4.84. The monoisotopic (exact) mass is 461 g/mol. The van der Waals surface area contributed by atoms with Crippen molar-refractivity contribution in [2.45, 2.75) is 31.0 Å². The van der Waals surface area contributed by atoms with Crippen molar-refractivity contribution in [1.82, 2.24) is 14.7 Å². The van der Waals surface area contributed by atoms with Crippen molar-refractivity contribution in [3.8, 4) is 5.69 Å². The first-order valence-corrected chi connectivity index (χ1v) is 11.6. The Labute approximate surface area is 198 Å². The topological polar surface area (TPSA) is 75.4 Å². The summed E-state index contributed by atoms with van der Waals surface area (Å²) >= 11 is 1.58. The van der Waals surface area contributed by atoms with Crippen molar-refractivity contribution in [1.29, 1.82) is 0 Å². The Hall–Kier alpha value is -3.58. The number of carbonyl (C=O) groups is 2. The molecule has 0 spiro atoms. The summed E-state index contributed by atoms with van der Waals surface area (Å²) in [6.45, 7) is 4.43. The highest BCUT2D eigenvalue weighted by Crippen LogP contribution is 2.25. The van der Waals surface area contributed by atoms with Crippen molar-refractivity contribution in [2.24, 2.45) is 0 Å². The molecule has 2 aromatic carbocycles. The van der Waals surface area contributed by atoms with Crippen molar-refractivity contribution in [2.75, 3.05) is 5.75 Å². The summed E-state index contributed by atoms with van der Waals surface area (Å²) in [5, 5.41) is 14.6. The Kier molecular flexibility index (Phi) is 9.08. The molecule has 0 aliphatic heterocycles. The maximum Gasteiger partial charge on any atom is 0.303 e. The second-order valence-corrected chi connectivity index (χ2v) is 8.35. The van der Waals surface area contributed by atoms with Gasteiger partial charge in [-0.1, -0.05) is 73.3 Å². The van der Waals surface area contributed by atoms with Gasteiger partial charge >= 0.3 is 5.97 Å². The summed E-state index contributed by atoms with van der Waals surface area (Å²) in [5.41, 5.74) is 2.83. The normalized spacial score (nSPS) is 10.9. The van der Waals surface area contributed by atoms with E-state index in [9.17, 15) is 9.59 Å². The second kappa shape index (κ2) is 12.5. The van der Waals surface area contributed by atoms with Crippen LogP contribution in [-0.2, 0) is 22.7 Å². The fraction of sp³-hybridized carbons (Fsp3) is 0.192. The predicted molar refractivity (Wildman–Crippen MR) is 131 cm³/mol. The van der Waals surface area contributed by atoms with Gasteiger partial charge in [0, 0.05) is 30.5 Å². The first kappa shape index (κ1) is 24.1. The van der Waals surface area contributed by atoms with Gasteiger partial charge in [0.2, 0.25) is 5.91 Å². The van der Waals surface area contributed by atoms with Gasteiger partial charge in [-0.2, -0.15) is 5.10 Å². The Morgan fingerprint density at radius 2 is 1.73 bits per heavy atom. The number of carbonyl (C=O) groups excluding carboxylic acids is 1. The highest BCUT2D eigenvalue weighted by molar-refractivity contribution is 7.99. The predicted octanol–water partition coefficient (Wildman–Crippen LogP) is 5.10. The van der Waals surface area contributed by atoms with Crippen molar-refractivity contribution in [3.05, 3.63) is 103 Å². The Morgan fingerprint density at radius 3 is 2.39 bits per heavy atom. The largest absolute Gasteiger partial charge is 0.481 e. The van der Waals surface area contributed by atoms with Gasteiger partial charge in [-0.05, 0) is 17.7 Å². The number of thioether (sulfide) groups is 1. The van der Waals surface area contributed by atoms with E-state index < -0.39 is 5.97 Å². The van der Waals surface area contributed by atoms with Crippen LogP contribution in [0.1, 0.15) is 24.0 Å². The number of carboxylic acid groups (broad SMARTS) is 1. The average molecular weight is 462 g/mol. The molecule has 0 radical (unpaired) electrons. The number of carboxylic acids is 1. The quantitative estimate of drug-likeness (QED) is 0.300. The van der Waals surface area contributed by atoms with Gasteiger partial charge in [-0.25, -0.2) is 4.68 Å². The van der Waals surface area contributed by atoms with Crippen LogP contribution in [0.4, 0.5) is 0 Å². The molecular formula is C26H27N3O3S. The molecule has 6 nitrogen and oxygen atoms in total. The van der Waals surface area contributed by atoms with Crippen LogP contribution in [0.5, 0.6) is 0 Å². The zero-order valence-electron chi connectivity index (χ0n) is 18.3. The summed E-state index contributed by atoms with van der Waals surface area (Å²) < 4.78 is 1.82. The van der Waals surface area contributed by atoms with E-state index in [0.717, 1.165) is 27.6 Å². The van der Waals surface area contributed by atoms with Crippen LogP contribution in [0.25, 0.3) is 5.69 Å². The van der Waals surface area contributed by atoms with Gasteiger partial charge in [0.05, 0.1) is 18.7 Å². The van der Waals surface area contributed by atoms with Crippen LogP contribution in [0, 0.1) is 0 Å². The lowest BCUT2D eigenvalue weighted by Gasteiger charge is -2.22. The molecule has 33 heavy (non-hydrogen) atoms. The first-order valence-electron chi connectivity index (χ1n) is 10.6. The number of nitrogens with zero attached hydrogens (tertiary/aromatic N) is 3. The minimum absolute atomic E-state index is 0.0421. The van der Waals surface area contributed by atoms with E-state index in [1.165, 1.54) is 0 Å². The maximum atomic E-state index is 13.0. The van der Waals surface area contributed by atoms with E-state index in [1.54, 1.807) is 22.7 Å². The third kappa shape index (κ3) is 7.50. The van der Waals surface area contributed by atoms with Gasteiger partial charge in [0.15, 0.2) is 0 Å². The van der Waals surface area contributed by atoms with E-state index in [-0.39, 0.29) is 18.7 Å². The van der Waals surface area contributed by atoms with Gasteiger partial charge in [0.25, 0.3) is 0 Å². The molecule has 1 heterocycles. The number of rotatable bonds is 12. The van der Waals surface area contributed by atoms with Gasteiger partial charge < -0.3 is 10.0 Å². The van der Waals surface area contributed by atoms with Crippen LogP contribution < -0.4 is 0 Å². The molecule has 1 amide bonds. The number of hydrogen-bond acceptors (Lipinski definition) is 4. The smallest absolute Gasteiger partial charge is 0.303 e. The number of aromatic nitrogens is 2. The van der Waals surface area contributed by atoms with Crippen molar-refractivity contribution in [3.63, 3.8) is 0 Å². The molecule has 1 N–H and O–H groups in total. The lowest BCUT2D eigenvalue weighted by atomic mass is 10.2. The van der Waals surface area contributed by atoms with Crippen molar-refractivity contribution >= 4 is 23.6 Å². The van der Waals surface area contributed by atoms with Crippen LogP contribution >= 0.6 is 11.8 Å². The molecule has 0 fully saturated rings. The minimum atomic E-state index is -0.981. The molecule has 0 atom stereocenters. The highest BCUT2D eigenvalue weighted by Gasteiger charge is 2.20. The lowest BCUT2D eigenvalue weighted by Crippen LogP contribution is -2.30. The fourth-order valence-corrected chi connectivity index (χ4v) is 4.04. The molecule has 0 aliphatic rings. The molecule has 170 valence electrons. The SMILES string of the molecule is C=C/C=C\CSc1nn(-c2ccccc2)cc1CN(Cc1ccccc1)C(=O)CCC(=O)O. The van der Waals surface area contributed by atoms with Gasteiger partial charge in [-0.15, -0.1) is 11.8 Å². The molecular weight excluding hydrogens is 434 g/mol. The highest BCUT2D eigenvalue weighted by atomic mass is 32.2. The van der Waals surface area contributed by atoms with E-state index in [1.807, 2.05) is 83.7 Å². The minimum Gasteiger partial charge on any atom is -0.481 e. The van der Waals surface area contributed by atoms with Gasteiger partial charge in [-0.3, -0.25) is 9.59 Å². The molecule has 0 aliphatic carbocycles. The summed E-state index contributed by atoms with van der Waals surface area (Å²) in [7, 11) is 0. The van der Waals surface area contributed by atoms with Crippen LogP contribution in [-0.4, -0.2) is 37.4 Å². The second-order valence-electron chi connectivity index (χ2n) is 7.34. The Morgan fingerprint density at radius 1 is 1.03 bits per heavy atom.